The standard InChI is InChI=1S/C19H18FN5OS/c20-17-7-2-1-6-16(17)18-8-9-24(10-11-27-18)19(26)14-4-3-5-15(12-14)25-13-21-22-23-25/h1-7,12-13,18H,8-11H2/t18-/m1/s1. The molecule has 0 spiro atoms. The van der Waals surface area contributed by atoms with Crippen LogP contribution in [0.2, 0.25) is 0 Å². The van der Waals surface area contributed by atoms with Crippen LogP contribution < -0.4 is 0 Å². The van der Waals surface area contributed by atoms with E-state index in [1.807, 2.05) is 29.2 Å². The molecule has 1 amide bonds. The Balaban J connectivity index is 1.49. The van der Waals surface area contributed by atoms with Crippen LogP contribution in [0.3, 0.4) is 0 Å². The average molecular weight is 383 g/mol. The summed E-state index contributed by atoms with van der Waals surface area (Å²) in [6.45, 7) is 1.24. The van der Waals surface area contributed by atoms with Gasteiger partial charge in [0.2, 0.25) is 0 Å². The van der Waals surface area contributed by atoms with Gasteiger partial charge >= 0.3 is 0 Å². The van der Waals surface area contributed by atoms with Gasteiger partial charge in [0.15, 0.2) is 0 Å². The zero-order valence-electron chi connectivity index (χ0n) is 14.5. The van der Waals surface area contributed by atoms with Gasteiger partial charge in [0.05, 0.1) is 5.69 Å². The lowest BCUT2D eigenvalue weighted by Gasteiger charge is -2.20. The molecule has 1 aliphatic rings. The van der Waals surface area contributed by atoms with Gasteiger partial charge in [-0.2, -0.15) is 11.8 Å². The molecular formula is C19H18FN5OS. The van der Waals surface area contributed by atoms with Crippen molar-refractivity contribution in [3.63, 3.8) is 0 Å². The predicted molar refractivity (Wildman–Crippen MR) is 101 cm³/mol. The van der Waals surface area contributed by atoms with Crippen LogP contribution in [0.4, 0.5) is 4.39 Å². The van der Waals surface area contributed by atoms with Gasteiger partial charge in [0, 0.05) is 35.2 Å². The second-order valence-electron chi connectivity index (χ2n) is 6.27. The molecule has 0 unspecified atom stereocenters. The minimum absolute atomic E-state index is 0.0280. The normalized spacial score (nSPS) is 17.5. The highest BCUT2D eigenvalue weighted by Gasteiger charge is 2.24. The molecule has 2 heterocycles. The highest BCUT2D eigenvalue weighted by Crippen LogP contribution is 2.35. The first kappa shape index (κ1) is 17.7. The van der Waals surface area contributed by atoms with Crippen molar-refractivity contribution < 1.29 is 9.18 Å². The van der Waals surface area contributed by atoms with Gasteiger partial charge in [-0.15, -0.1) is 5.10 Å². The van der Waals surface area contributed by atoms with E-state index < -0.39 is 0 Å². The van der Waals surface area contributed by atoms with Crippen molar-refractivity contribution in [3.05, 3.63) is 71.8 Å². The lowest BCUT2D eigenvalue weighted by atomic mass is 10.1. The van der Waals surface area contributed by atoms with Gasteiger partial charge in [-0.3, -0.25) is 4.79 Å². The number of nitrogens with zero attached hydrogens (tertiary/aromatic N) is 5. The van der Waals surface area contributed by atoms with Crippen molar-refractivity contribution >= 4 is 17.7 Å². The summed E-state index contributed by atoms with van der Waals surface area (Å²) in [6.07, 6.45) is 2.22. The molecule has 3 aromatic rings. The Labute approximate surface area is 160 Å². The van der Waals surface area contributed by atoms with Crippen LogP contribution in [0.15, 0.2) is 54.9 Å². The van der Waals surface area contributed by atoms with Gasteiger partial charge in [0.1, 0.15) is 12.1 Å². The van der Waals surface area contributed by atoms with Crippen LogP contribution >= 0.6 is 11.8 Å². The molecule has 27 heavy (non-hydrogen) atoms. The van der Waals surface area contributed by atoms with E-state index in [4.69, 9.17) is 0 Å². The Morgan fingerprint density at radius 1 is 1.15 bits per heavy atom. The van der Waals surface area contributed by atoms with E-state index in [2.05, 4.69) is 15.5 Å². The van der Waals surface area contributed by atoms with E-state index in [9.17, 15) is 9.18 Å². The fourth-order valence-electron chi connectivity index (χ4n) is 3.20. The minimum Gasteiger partial charge on any atom is -0.338 e. The number of rotatable bonds is 3. The van der Waals surface area contributed by atoms with Crippen molar-refractivity contribution in [2.75, 3.05) is 18.8 Å². The number of tetrazole rings is 1. The van der Waals surface area contributed by atoms with E-state index in [0.29, 0.717) is 18.7 Å². The fraction of sp³-hybridized carbons (Fsp3) is 0.263. The number of hydrogen-bond donors (Lipinski definition) is 0. The summed E-state index contributed by atoms with van der Waals surface area (Å²) >= 11 is 1.70. The summed E-state index contributed by atoms with van der Waals surface area (Å²) in [5.41, 5.74) is 2.05. The fourth-order valence-corrected chi connectivity index (χ4v) is 4.45. The summed E-state index contributed by atoms with van der Waals surface area (Å²) in [7, 11) is 0. The van der Waals surface area contributed by atoms with Gasteiger partial charge in [-0.05, 0) is 41.1 Å². The van der Waals surface area contributed by atoms with Crippen LogP contribution in [0.1, 0.15) is 27.6 Å². The highest BCUT2D eigenvalue weighted by atomic mass is 32.2. The number of thioether (sulfide) groups is 1. The van der Waals surface area contributed by atoms with Crippen molar-refractivity contribution in [2.24, 2.45) is 0 Å². The summed E-state index contributed by atoms with van der Waals surface area (Å²) < 4.78 is 15.6. The van der Waals surface area contributed by atoms with E-state index in [1.54, 1.807) is 30.0 Å². The number of halogens is 1. The molecule has 1 atom stereocenters. The predicted octanol–water partition coefficient (Wildman–Crippen LogP) is 3.12. The minimum atomic E-state index is -0.177. The molecule has 138 valence electrons. The zero-order valence-corrected chi connectivity index (χ0v) is 15.3. The first-order chi connectivity index (χ1) is 13.2. The number of hydrogen-bond acceptors (Lipinski definition) is 5. The smallest absolute Gasteiger partial charge is 0.253 e. The molecule has 1 fully saturated rings. The Morgan fingerprint density at radius 3 is 2.85 bits per heavy atom. The third-order valence-electron chi connectivity index (χ3n) is 4.59. The van der Waals surface area contributed by atoms with E-state index in [-0.39, 0.29) is 17.0 Å². The molecule has 1 aromatic heterocycles. The molecule has 1 saturated heterocycles. The molecule has 0 bridgehead atoms. The van der Waals surface area contributed by atoms with Crippen LogP contribution in [-0.2, 0) is 0 Å². The van der Waals surface area contributed by atoms with Crippen molar-refractivity contribution in [1.29, 1.82) is 0 Å². The summed E-state index contributed by atoms with van der Waals surface area (Å²) in [5.74, 6) is 0.570. The lowest BCUT2D eigenvalue weighted by molar-refractivity contribution is 0.0766. The molecule has 0 radical (unpaired) electrons. The first-order valence-electron chi connectivity index (χ1n) is 8.71. The third-order valence-corrected chi connectivity index (χ3v) is 5.90. The topological polar surface area (TPSA) is 63.9 Å². The Kier molecular flexibility index (Phi) is 5.15. The summed E-state index contributed by atoms with van der Waals surface area (Å²) in [6, 6.07) is 14.1. The van der Waals surface area contributed by atoms with Gasteiger partial charge in [-0.25, -0.2) is 9.07 Å². The molecule has 4 rings (SSSR count). The molecule has 1 aliphatic heterocycles. The zero-order chi connectivity index (χ0) is 18.6. The van der Waals surface area contributed by atoms with Gasteiger partial charge in [0.25, 0.3) is 5.91 Å². The molecule has 0 aliphatic carbocycles. The molecule has 2 aromatic carbocycles. The SMILES string of the molecule is O=C(c1cccc(-n2cnnn2)c1)N1CCS[C@@H](c2ccccc2F)CC1. The van der Waals surface area contributed by atoms with E-state index in [1.165, 1.54) is 17.1 Å². The molecule has 0 N–H and O–H groups in total. The maximum Gasteiger partial charge on any atom is 0.253 e. The summed E-state index contributed by atoms with van der Waals surface area (Å²) in [5, 5.41) is 11.2. The third kappa shape index (κ3) is 3.85. The van der Waals surface area contributed by atoms with Crippen molar-refractivity contribution in [1.82, 2.24) is 25.1 Å². The van der Waals surface area contributed by atoms with Crippen LogP contribution in [0.5, 0.6) is 0 Å². The van der Waals surface area contributed by atoms with Crippen LogP contribution in [0, 0.1) is 5.82 Å². The number of aromatic nitrogens is 4. The number of carbonyl (C=O) groups is 1. The molecule has 8 heteroatoms. The number of carbonyl (C=O) groups excluding carboxylic acids is 1. The maximum absolute atomic E-state index is 14.1. The van der Waals surface area contributed by atoms with Crippen LogP contribution in [0.25, 0.3) is 5.69 Å². The Bertz CT molecular complexity index is 933. The maximum atomic E-state index is 14.1. The highest BCUT2D eigenvalue weighted by molar-refractivity contribution is 7.99. The second kappa shape index (κ2) is 7.87. The number of benzene rings is 2. The van der Waals surface area contributed by atoms with Crippen LogP contribution in [-0.4, -0.2) is 49.9 Å². The van der Waals surface area contributed by atoms with E-state index >= 15 is 0 Å². The Hall–Kier alpha value is -2.74. The Morgan fingerprint density at radius 2 is 2.04 bits per heavy atom. The summed E-state index contributed by atoms with van der Waals surface area (Å²) in [4.78, 5) is 14.8. The van der Waals surface area contributed by atoms with Gasteiger partial charge in [-0.1, -0.05) is 24.3 Å². The second-order valence-corrected chi connectivity index (χ2v) is 7.58. The molecular weight excluding hydrogens is 365 g/mol. The number of amides is 1. The van der Waals surface area contributed by atoms with Gasteiger partial charge < -0.3 is 4.90 Å². The molecule has 6 nitrogen and oxygen atoms in total. The lowest BCUT2D eigenvalue weighted by Crippen LogP contribution is -2.33. The van der Waals surface area contributed by atoms with Crippen molar-refractivity contribution in [2.45, 2.75) is 11.7 Å². The average Bonchev–Trinajstić information content (AvgIpc) is 3.13. The monoisotopic (exact) mass is 383 g/mol. The molecule has 0 saturated carbocycles. The van der Waals surface area contributed by atoms with E-state index in [0.717, 1.165) is 23.4 Å². The van der Waals surface area contributed by atoms with Crippen molar-refractivity contribution in [3.8, 4) is 5.69 Å². The quantitative estimate of drug-likeness (QED) is 0.695. The largest absolute Gasteiger partial charge is 0.338 e. The first-order valence-corrected chi connectivity index (χ1v) is 9.76.